The lowest BCUT2D eigenvalue weighted by Gasteiger charge is -2.08. The molecule has 0 radical (unpaired) electrons. The van der Waals surface area contributed by atoms with E-state index in [-0.39, 0.29) is 29.7 Å². The highest BCUT2D eigenvalue weighted by Crippen LogP contribution is 2.39. The van der Waals surface area contributed by atoms with E-state index in [1.807, 2.05) is 31.2 Å². The number of benzene rings is 3. The van der Waals surface area contributed by atoms with Crippen LogP contribution in [0.15, 0.2) is 72.7 Å². The summed E-state index contributed by atoms with van der Waals surface area (Å²) in [7, 11) is 0. The number of fused-ring (bicyclic) bond motifs is 3. The molecular weight excluding hydrogens is 348 g/mol. The topological polar surface area (TPSA) is 25.8 Å². The van der Waals surface area contributed by atoms with Crippen LogP contribution < -0.4 is 0 Å². The molecule has 0 aliphatic rings. The maximum atomic E-state index is 8.48. The van der Waals surface area contributed by atoms with Crippen molar-refractivity contribution in [2.24, 2.45) is 0 Å². The Morgan fingerprint density at radius 2 is 1.78 bits per heavy atom. The first-order valence-corrected chi connectivity index (χ1v) is 9.52. The fourth-order valence-electron chi connectivity index (χ4n) is 3.31. The van der Waals surface area contributed by atoms with E-state index in [0.717, 1.165) is 21.3 Å². The van der Waals surface area contributed by atoms with Gasteiger partial charge < -0.3 is 0 Å². The summed E-state index contributed by atoms with van der Waals surface area (Å²) >= 11 is 1.69. The van der Waals surface area contributed by atoms with Crippen molar-refractivity contribution >= 4 is 31.5 Å². The third-order valence-corrected chi connectivity index (χ3v) is 5.73. The van der Waals surface area contributed by atoms with Crippen molar-refractivity contribution < 1.29 is 5.48 Å². The van der Waals surface area contributed by atoms with Gasteiger partial charge in [0, 0.05) is 37.0 Å². The van der Waals surface area contributed by atoms with Crippen molar-refractivity contribution in [2.45, 2.75) is 13.8 Å². The predicted octanol–water partition coefficient (Wildman–Crippen LogP) is 6.80. The fraction of sp³-hybridized carbons (Fsp3) is 0.0833. The number of thiophene rings is 1. The second-order valence-corrected chi connectivity index (χ2v) is 7.55. The van der Waals surface area contributed by atoms with Crippen LogP contribution in [0.4, 0.5) is 0 Å². The minimum Gasteiger partial charge on any atom is -0.233 e. The fourth-order valence-corrected chi connectivity index (χ4v) is 4.52. The first kappa shape index (κ1) is 12.4. The molecular formula is C24H18N2S. The van der Waals surface area contributed by atoms with Crippen LogP contribution in [0.5, 0.6) is 0 Å². The van der Waals surface area contributed by atoms with Gasteiger partial charge in [0.05, 0.1) is 11.2 Å². The Morgan fingerprint density at radius 3 is 2.70 bits per heavy atom. The summed E-state index contributed by atoms with van der Waals surface area (Å²) in [4.78, 5) is 9.40. The average molecular weight is 371 g/mol. The molecule has 0 unspecified atom stereocenters. The zero-order chi connectivity index (χ0) is 21.9. The summed E-state index contributed by atoms with van der Waals surface area (Å²) in [5, 5.41) is 2.34. The molecule has 2 aromatic heterocycles. The number of aromatic nitrogens is 2. The van der Waals surface area contributed by atoms with E-state index in [9.17, 15) is 0 Å². The van der Waals surface area contributed by atoms with Crippen LogP contribution in [0.25, 0.3) is 42.8 Å². The van der Waals surface area contributed by atoms with E-state index in [1.165, 1.54) is 10.1 Å². The summed E-state index contributed by atoms with van der Waals surface area (Å²) in [5.74, 6) is 0.532. The standard InChI is InChI=1S/C24H18N2S/c1-15-7-5-8-17(13-15)21-14-16(2)25-24(26-21)20-11-6-10-19-18-9-3-4-12-22(18)27-23(19)20/h3-14H,1-2H3/i5D,7D,8D,13D. The maximum absolute atomic E-state index is 8.48. The van der Waals surface area contributed by atoms with Crippen molar-refractivity contribution in [1.82, 2.24) is 9.97 Å². The Bertz CT molecular complexity index is 1480. The number of aryl methyl sites for hydroxylation is 1. The third-order valence-electron chi connectivity index (χ3n) is 4.51. The van der Waals surface area contributed by atoms with Gasteiger partial charge in [0.1, 0.15) is 0 Å². The Kier molecular flexibility index (Phi) is 2.88. The van der Waals surface area contributed by atoms with E-state index in [4.69, 9.17) is 10.5 Å². The van der Waals surface area contributed by atoms with Crippen LogP contribution >= 0.6 is 11.3 Å². The molecule has 0 aliphatic carbocycles. The van der Waals surface area contributed by atoms with Gasteiger partial charge in [0.2, 0.25) is 0 Å². The highest BCUT2D eigenvalue weighted by Gasteiger charge is 2.13. The molecule has 3 heteroatoms. The molecule has 0 amide bonds. The molecule has 0 bridgehead atoms. The van der Waals surface area contributed by atoms with Gasteiger partial charge in [0.15, 0.2) is 5.82 Å². The van der Waals surface area contributed by atoms with Gasteiger partial charge in [-0.2, -0.15) is 0 Å². The van der Waals surface area contributed by atoms with E-state index < -0.39 is 0 Å². The van der Waals surface area contributed by atoms with Gasteiger partial charge in [-0.3, -0.25) is 0 Å². The highest BCUT2D eigenvalue weighted by molar-refractivity contribution is 7.26. The van der Waals surface area contributed by atoms with Crippen LogP contribution in [-0.2, 0) is 0 Å². The SMILES string of the molecule is [2H]c1c([2H])c(C)c([2H])c(-c2cc(C)nc(-c3cccc4c3sc3ccccc34)n2)c1[2H]. The molecule has 0 saturated heterocycles. The van der Waals surface area contributed by atoms with E-state index in [2.05, 4.69) is 23.2 Å². The monoisotopic (exact) mass is 370 g/mol. The van der Waals surface area contributed by atoms with Gasteiger partial charge in [-0.15, -0.1) is 11.3 Å². The quantitative estimate of drug-likeness (QED) is 0.342. The van der Waals surface area contributed by atoms with Gasteiger partial charge >= 0.3 is 0 Å². The summed E-state index contributed by atoms with van der Waals surface area (Å²) in [5.41, 5.74) is 2.71. The molecule has 2 nitrogen and oxygen atoms in total. The third kappa shape index (κ3) is 2.81. The Balaban J connectivity index is 1.79. The van der Waals surface area contributed by atoms with Crippen molar-refractivity contribution in [3.05, 3.63) is 84.0 Å². The Labute approximate surface area is 167 Å². The van der Waals surface area contributed by atoms with Gasteiger partial charge in [-0.1, -0.05) is 54.0 Å². The Morgan fingerprint density at radius 1 is 0.926 bits per heavy atom. The maximum Gasteiger partial charge on any atom is 0.161 e. The summed E-state index contributed by atoms with van der Waals surface area (Å²) in [6, 6.07) is 15.7. The molecule has 2 heterocycles. The predicted molar refractivity (Wildman–Crippen MR) is 115 cm³/mol. The molecule has 0 fully saturated rings. The largest absolute Gasteiger partial charge is 0.233 e. The van der Waals surface area contributed by atoms with Gasteiger partial charge in [-0.05, 0) is 38.1 Å². The number of hydrogen-bond donors (Lipinski definition) is 0. The second kappa shape index (κ2) is 6.29. The van der Waals surface area contributed by atoms with Gasteiger partial charge in [0.25, 0.3) is 0 Å². The minimum absolute atomic E-state index is 0.0649. The first-order valence-electron chi connectivity index (χ1n) is 10.7. The Hall–Kier alpha value is -3.04. The smallest absolute Gasteiger partial charge is 0.161 e. The molecule has 5 rings (SSSR count). The number of nitrogens with zero attached hydrogens (tertiary/aromatic N) is 2. The van der Waals surface area contributed by atoms with E-state index in [0.29, 0.717) is 17.1 Å². The number of hydrogen-bond acceptors (Lipinski definition) is 3. The lowest BCUT2D eigenvalue weighted by atomic mass is 10.1. The highest BCUT2D eigenvalue weighted by atomic mass is 32.1. The van der Waals surface area contributed by atoms with E-state index in [1.54, 1.807) is 24.3 Å². The lowest BCUT2D eigenvalue weighted by Crippen LogP contribution is -1.95. The van der Waals surface area contributed by atoms with Gasteiger partial charge in [-0.25, -0.2) is 9.97 Å². The molecule has 3 aromatic carbocycles. The van der Waals surface area contributed by atoms with Crippen LogP contribution in [0, 0.1) is 13.8 Å². The number of rotatable bonds is 2. The van der Waals surface area contributed by atoms with Crippen molar-refractivity contribution in [3.63, 3.8) is 0 Å². The van der Waals surface area contributed by atoms with Crippen LogP contribution in [0.1, 0.15) is 16.7 Å². The lowest BCUT2D eigenvalue weighted by molar-refractivity contribution is 1.12. The molecule has 0 saturated carbocycles. The van der Waals surface area contributed by atoms with Crippen molar-refractivity contribution in [3.8, 4) is 22.6 Å². The first-order chi connectivity index (χ1) is 14.9. The summed E-state index contributed by atoms with van der Waals surface area (Å²) in [6.45, 7) is 3.50. The molecule has 0 atom stereocenters. The van der Waals surface area contributed by atoms with Crippen LogP contribution in [0.2, 0.25) is 0 Å². The minimum atomic E-state index is -0.187. The molecule has 0 aliphatic heterocycles. The zero-order valence-corrected chi connectivity index (χ0v) is 15.7. The van der Waals surface area contributed by atoms with Crippen LogP contribution in [-0.4, -0.2) is 9.97 Å². The van der Waals surface area contributed by atoms with Crippen molar-refractivity contribution in [1.29, 1.82) is 0 Å². The zero-order valence-electron chi connectivity index (χ0n) is 18.9. The average Bonchev–Trinajstić information content (AvgIpc) is 3.15. The van der Waals surface area contributed by atoms with Crippen molar-refractivity contribution in [2.75, 3.05) is 0 Å². The molecule has 130 valence electrons. The second-order valence-electron chi connectivity index (χ2n) is 6.50. The van der Waals surface area contributed by atoms with Crippen LogP contribution in [0.3, 0.4) is 0 Å². The normalized spacial score (nSPS) is 13.4. The molecule has 27 heavy (non-hydrogen) atoms. The molecule has 5 aromatic rings. The summed E-state index contributed by atoms with van der Waals surface area (Å²) < 4.78 is 35.2. The molecule has 0 spiro atoms. The molecule has 0 N–H and O–H groups in total. The van der Waals surface area contributed by atoms with E-state index >= 15 is 0 Å². The summed E-state index contributed by atoms with van der Waals surface area (Å²) in [6.07, 6.45) is 0.